The highest BCUT2D eigenvalue weighted by molar-refractivity contribution is 6.23. The van der Waals surface area contributed by atoms with E-state index in [-0.39, 0.29) is 24.0 Å². The van der Waals surface area contributed by atoms with Crippen LogP contribution in [0.3, 0.4) is 0 Å². The van der Waals surface area contributed by atoms with Gasteiger partial charge in [-0.05, 0) is 48.1 Å². The molecule has 3 aliphatic heterocycles. The average molecular weight is 480 g/mol. The Balaban J connectivity index is 1.29. The lowest BCUT2D eigenvalue weighted by Gasteiger charge is -2.38. The number of piperidine rings is 2. The average Bonchev–Trinajstić information content (AvgIpc) is 3.11. The molecule has 2 saturated heterocycles. The predicted octanol–water partition coefficient (Wildman–Crippen LogP) is 2.04. The topological polar surface area (TPSA) is 107 Å². The number of likely N-dealkylation sites (tertiary alicyclic amines) is 1. The number of alkyl halides is 1. The van der Waals surface area contributed by atoms with Crippen LogP contribution in [0.15, 0.2) is 42.5 Å². The summed E-state index contributed by atoms with van der Waals surface area (Å²) in [6, 6.07) is 11.1. The van der Waals surface area contributed by atoms with Gasteiger partial charge < -0.3 is 5.11 Å². The van der Waals surface area contributed by atoms with Gasteiger partial charge in [0.05, 0.1) is 16.7 Å². The molecule has 0 spiro atoms. The van der Waals surface area contributed by atoms with Gasteiger partial charge in [0, 0.05) is 26.1 Å². The molecule has 35 heavy (non-hydrogen) atoms. The third-order valence-corrected chi connectivity index (χ3v) is 7.24. The molecule has 2 aromatic carbocycles. The van der Waals surface area contributed by atoms with E-state index in [1.807, 2.05) is 12.1 Å². The van der Waals surface area contributed by atoms with Crippen LogP contribution in [-0.4, -0.2) is 57.7 Å². The van der Waals surface area contributed by atoms with Gasteiger partial charge in [-0.2, -0.15) is 0 Å². The summed E-state index contributed by atoms with van der Waals surface area (Å²) in [6.07, 6.45) is 1.06. The molecule has 0 saturated carbocycles. The summed E-state index contributed by atoms with van der Waals surface area (Å²) in [7, 11) is 0. The molecule has 2 aromatic rings. The van der Waals surface area contributed by atoms with Crippen LogP contribution in [0.4, 0.5) is 4.39 Å². The summed E-state index contributed by atoms with van der Waals surface area (Å²) in [5.74, 6) is -2.22. The lowest BCUT2D eigenvalue weighted by Crippen LogP contribution is -2.54. The third kappa shape index (κ3) is 4.26. The maximum absolute atomic E-state index is 13.1. The second-order valence-electron chi connectivity index (χ2n) is 9.47. The van der Waals surface area contributed by atoms with Gasteiger partial charge >= 0.3 is 0 Å². The summed E-state index contributed by atoms with van der Waals surface area (Å²) >= 11 is 0. The van der Waals surface area contributed by atoms with E-state index in [1.165, 1.54) is 6.07 Å². The summed E-state index contributed by atoms with van der Waals surface area (Å²) < 4.78 is 12.7. The number of carbonyl (C=O) groups excluding carboxylic acids is 4. The number of halogens is 1. The number of imide groups is 2. The SMILES string of the molecule is O=C1CCC(N2C(=O)c3ccc(C4(O)CCN(Cc5ccc(CF)cc5)CC4)cc3C2=O)C(=O)N1. The summed E-state index contributed by atoms with van der Waals surface area (Å²) in [6.45, 7) is 1.47. The molecule has 0 aromatic heterocycles. The second-order valence-corrected chi connectivity index (χ2v) is 9.47. The van der Waals surface area contributed by atoms with Gasteiger partial charge in [-0.3, -0.25) is 34.3 Å². The zero-order valence-corrected chi connectivity index (χ0v) is 19.1. The Bertz CT molecular complexity index is 1200. The normalized spacial score (nSPS) is 22.3. The molecule has 3 heterocycles. The molecule has 182 valence electrons. The fourth-order valence-electron chi connectivity index (χ4n) is 5.12. The Morgan fingerprint density at radius 2 is 1.60 bits per heavy atom. The van der Waals surface area contributed by atoms with Gasteiger partial charge in [-0.15, -0.1) is 0 Å². The van der Waals surface area contributed by atoms with E-state index >= 15 is 0 Å². The van der Waals surface area contributed by atoms with Crippen LogP contribution in [0.1, 0.15) is 63.1 Å². The number of hydrogen-bond donors (Lipinski definition) is 2. The van der Waals surface area contributed by atoms with Crippen molar-refractivity contribution < 1.29 is 28.7 Å². The van der Waals surface area contributed by atoms with E-state index < -0.39 is 41.9 Å². The van der Waals surface area contributed by atoms with Crippen molar-refractivity contribution in [1.29, 1.82) is 0 Å². The van der Waals surface area contributed by atoms with Crippen LogP contribution in [-0.2, 0) is 28.4 Å². The smallest absolute Gasteiger partial charge is 0.262 e. The minimum atomic E-state index is -1.14. The predicted molar refractivity (Wildman–Crippen MR) is 123 cm³/mol. The van der Waals surface area contributed by atoms with E-state index in [4.69, 9.17) is 0 Å². The first kappa shape index (κ1) is 23.3. The first-order chi connectivity index (χ1) is 16.8. The molecule has 0 aliphatic carbocycles. The zero-order valence-electron chi connectivity index (χ0n) is 19.1. The quantitative estimate of drug-likeness (QED) is 0.636. The second kappa shape index (κ2) is 8.98. The fourth-order valence-corrected chi connectivity index (χ4v) is 5.12. The van der Waals surface area contributed by atoms with Gasteiger partial charge in [-0.1, -0.05) is 30.3 Å². The maximum atomic E-state index is 13.1. The van der Waals surface area contributed by atoms with E-state index in [0.717, 1.165) is 10.5 Å². The van der Waals surface area contributed by atoms with Crippen LogP contribution in [0, 0.1) is 0 Å². The van der Waals surface area contributed by atoms with Gasteiger partial charge in [-0.25, -0.2) is 4.39 Å². The zero-order chi connectivity index (χ0) is 24.7. The van der Waals surface area contributed by atoms with Crippen LogP contribution < -0.4 is 5.32 Å². The molecule has 2 fully saturated rings. The number of carbonyl (C=O) groups is 4. The molecular formula is C26H26FN3O5. The molecule has 1 atom stereocenters. The number of rotatable bonds is 5. The molecule has 3 aliphatic rings. The van der Waals surface area contributed by atoms with Crippen LogP contribution >= 0.6 is 0 Å². The van der Waals surface area contributed by atoms with Gasteiger partial charge in [0.15, 0.2) is 0 Å². The molecule has 2 N–H and O–H groups in total. The van der Waals surface area contributed by atoms with Crippen LogP contribution in [0.25, 0.3) is 0 Å². The van der Waals surface area contributed by atoms with E-state index in [2.05, 4.69) is 10.2 Å². The van der Waals surface area contributed by atoms with Crippen LogP contribution in [0.2, 0.25) is 0 Å². The first-order valence-electron chi connectivity index (χ1n) is 11.7. The monoisotopic (exact) mass is 479 g/mol. The minimum Gasteiger partial charge on any atom is -0.385 e. The summed E-state index contributed by atoms with van der Waals surface area (Å²) in [4.78, 5) is 52.9. The Morgan fingerprint density at radius 1 is 0.943 bits per heavy atom. The largest absolute Gasteiger partial charge is 0.385 e. The standard InChI is InChI=1S/C26H26FN3O5/c27-14-16-1-3-17(4-2-16)15-29-11-9-26(35,10-12-29)18-5-6-19-20(13-18)25(34)30(24(19)33)21-7-8-22(31)28-23(21)32/h1-6,13,21,35H,7-12,14-15H2,(H,28,31,32). The van der Waals surface area contributed by atoms with Crippen molar-refractivity contribution in [2.24, 2.45) is 0 Å². The molecule has 5 rings (SSSR count). The van der Waals surface area contributed by atoms with Crippen molar-refractivity contribution in [2.45, 2.75) is 50.5 Å². The lowest BCUT2D eigenvalue weighted by molar-refractivity contribution is -0.136. The van der Waals surface area contributed by atoms with Gasteiger partial charge in [0.2, 0.25) is 11.8 Å². The first-order valence-corrected chi connectivity index (χ1v) is 11.7. The highest BCUT2D eigenvalue weighted by atomic mass is 19.1. The van der Waals surface area contributed by atoms with E-state index in [9.17, 15) is 28.7 Å². The Kier molecular flexibility index (Phi) is 5.98. The maximum Gasteiger partial charge on any atom is 0.262 e. The number of amides is 4. The molecule has 0 bridgehead atoms. The fraction of sp³-hybridized carbons (Fsp3) is 0.385. The highest BCUT2D eigenvalue weighted by Gasteiger charge is 2.45. The summed E-state index contributed by atoms with van der Waals surface area (Å²) in [5.41, 5.74) is 1.50. The van der Waals surface area contributed by atoms with Crippen molar-refractivity contribution in [2.75, 3.05) is 13.1 Å². The van der Waals surface area contributed by atoms with Crippen molar-refractivity contribution in [3.8, 4) is 0 Å². The van der Waals surface area contributed by atoms with E-state index in [1.54, 1.807) is 24.3 Å². The molecule has 4 amide bonds. The summed E-state index contributed by atoms with van der Waals surface area (Å²) in [5, 5.41) is 13.6. The molecule has 8 nitrogen and oxygen atoms in total. The van der Waals surface area contributed by atoms with E-state index in [0.29, 0.717) is 43.6 Å². The number of nitrogens with one attached hydrogen (secondary N) is 1. The Hall–Kier alpha value is -3.43. The minimum absolute atomic E-state index is 0.0608. The van der Waals surface area contributed by atoms with Crippen molar-refractivity contribution in [1.82, 2.24) is 15.1 Å². The van der Waals surface area contributed by atoms with Crippen molar-refractivity contribution in [3.05, 3.63) is 70.3 Å². The number of nitrogens with zero attached hydrogens (tertiary/aromatic N) is 2. The molecule has 1 unspecified atom stereocenters. The number of hydrogen-bond acceptors (Lipinski definition) is 6. The lowest BCUT2D eigenvalue weighted by atomic mass is 9.83. The Morgan fingerprint density at radius 3 is 2.26 bits per heavy atom. The van der Waals surface area contributed by atoms with Gasteiger partial charge in [0.25, 0.3) is 11.8 Å². The third-order valence-electron chi connectivity index (χ3n) is 7.24. The number of benzene rings is 2. The number of fused-ring (bicyclic) bond motifs is 1. The molecule has 9 heteroatoms. The molecule has 0 radical (unpaired) electrons. The van der Waals surface area contributed by atoms with Crippen LogP contribution in [0.5, 0.6) is 0 Å². The van der Waals surface area contributed by atoms with Crippen molar-refractivity contribution in [3.63, 3.8) is 0 Å². The van der Waals surface area contributed by atoms with Gasteiger partial charge in [0.1, 0.15) is 12.7 Å². The number of aliphatic hydroxyl groups is 1. The molecular weight excluding hydrogens is 453 g/mol. The Labute approximate surface area is 201 Å². The highest BCUT2D eigenvalue weighted by Crippen LogP contribution is 2.36. The van der Waals surface area contributed by atoms with Crippen molar-refractivity contribution >= 4 is 23.6 Å².